The van der Waals surface area contributed by atoms with Crippen molar-refractivity contribution < 1.29 is 39.0 Å². The number of ketones is 1. The third kappa shape index (κ3) is 9.74. The fourth-order valence-electron chi connectivity index (χ4n) is 6.41. The van der Waals surface area contributed by atoms with Gasteiger partial charge in [0.05, 0.1) is 12.0 Å². The van der Waals surface area contributed by atoms with E-state index in [4.69, 9.17) is 4.42 Å². The molecule has 0 bridgehead atoms. The van der Waals surface area contributed by atoms with Crippen LogP contribution < -0.4 is 4.57 Å². The number of rotatable bonds is 11. The monoisotopic (exact) mass is 852 g/mol. The van der Waals surface area contributed by atoms with E-state index in [1.807, 2.05) is 50.7 Å². The van der Waals surface area contributed by atoms with Gasteiger partial charge in [0.1, 0.15) is 17.0 Å². The Kier molecular flexibility index (Phi) is 14.6. The summed E-state index contributed by atoms with van der Waals surface area (Å²) in [4.78, 5) is 16.3. The zero-order chi connectivity index (χ0) is 35.9. The second-order valence-electron chi connectivity index (χ2n) is 14.5. The van der Waals surface area contributed by atoms with Crippen LogP contribution in [0.3, 0.4) is 0 Å². The molecular weight excluding hydrogens is 797 g/mol. The normalized spacial score (nSPS) is 12.0. The minimum Gasteiger partial charge on any atom is -0.512 e. The Morgan fingerprint density at radius 2 is 1.64 bits per heavy atom. The van der Waals surface area contributed by atoms with Crippen molar-refractivity contribution in [2.75, 3.05) is 0 Å². The molecule has 0 aliphatic heterocycles. The molecule has 5 rings (SSSR count). The predicted octanol–water partition coefficient (Wildman–Crippen LogP) is 11.4. The van der Waals surface area contributed by atoms with E-state index in [2.05, 4.69) is 101 Å². The summed E-state index contributed by atoms with van der Waals surface area (Å²) in [5.74, 6) is 2.05. The molecule has 5 aromatic rings. The number of aliphatic hydroxyl groups excluding tert-OH is 1. The van der Waals surface area contributed by atoms with Crippen LogP contribution in [0.25, 0.3) is 44.3 Å². The molecule has 6 heteroatoms. The van der Waals surface area contributed by atoms with Gasteiger partial charge in [-0.2, -0.15) is 0 Å². The van der Waals surface area contributed by atoms with Crippen LogP contribution in [0, 0.1) is 30.9 Å². The van der Waals surface area contributed by atoms with Gasteiger partial charge in [-0.1, -0.05) is 91.5 Å². The first kappa shape index (κ1) is 40.7. The molecule has 0 amide bonds. The molecule has 0 unspecified atom stereocenters. The second kappa shape index (κ2) is 18.0. The van der Waals surface area contributed by atoms with Crippen LogP contribution in [0.1, 0.15) is 99.3 Å². The molecule has 0 saturated carbocycles. The summed E-state index contributed by atoms with van der Waals surface area (Å²) in [5, 5.41) is 12.1. The molecule has 269 valence electrons. The van der Waals surface area contributed by atoms with Gasteiger partial charge in [0.2, 0.25) is 0 Å². The molecule has 3 heterocycles. The van der Waals surface area contributed by atoms with Gasteiger partial charge in [0, 0.05) is 69.3 Å². The average Bonchev–Trinajstić information content (AvgIpc) is 3.47. The number of aromatic nitrogens is 2. The first-order valence-electron chi connectivity index (χ1n) is 18.0. The van der Waals surface area contributed by atoms with Crippen LogP contribution in [-0.2, 0) is 36.7 Å². The molecule has 5 nitrogen and oxygen atoms in total. The van der Waals surface area contributed by atoms with Gasteiger partial charge in [-0.15, -0.1) is 29.1 Å². The Hall–Kier alpha value is -3.73. The molecule has 0 aliphatic rings. The standard InChI is InChI=1S/C31H31N2O.C13H24O2.Ir/c1-20(2)15-24-19-28-30(34-24)26(11-13-32-28)22-12-14-33(6)29(18-22)23-16-21-9-7-8-10-25(21)27(17-23)31(3,4)5;1-5-10(6-2)12(14)9-13(15)11(7-3)8-4;/h7-14,17-20H,6,15H2,1-5H3;9-11,14H,5-8H2,1-4H3;/q-1;;/b;12-9-;. The third-order valence-corrected chi connectivity index (χ3v) is 9.36. The zero-order valence-electron chi connectivity index (χ0n) is 31.4. The first-order chi connectivity index (χ1) is 23.3. The zero-order valence-corrected chi connectivity index (χ0v) is 33.8. The number of hydrogen-bond donors (Lipinski definition) is 1. The number of aliphatic hydroxyl groups is 1. The van der Waals surface area contributed by atoms with Crippen molar-refractivity contribution in [1.29, 1.82) is 0 Å². The Balaban J connectivity index is 0.000000361. The number of allylic oxidation sites excluding steroid dienone is 2. The van der Waals surface area contributed by atoms with Gasteiger partial charge < -0.3 is 14.1 Å². The molecule has 2 aromatic carbocycles. The van der Waals surface area contributed by atoms with E-state index in [9.17, 15) is 9.90 Å². The Morgan fingerprint density at radius 3 is 2.26 bits per heavy atom. The van der Waals surface area contributed by atoms with E-state index in [-0.39, 0.29) is 48.9 Å². The SMILES string of the molecule is CCC(CC)C(=O)/C=C(\O)C(CC)CC.[CH2-][n+]1ccc(-c2ccnc3cc(CC(C)C)oc23)cc1-c1[c-]c2ccccc2c(C(C)(C)C)c1.[Ir]. The first-order valence-corrected chi connectivity index (χ1v) is 18.0. The maximum absolute atomic E-state index is 11.7. The average molecular weight is 852 g/mol. The fraction of sp³-hybridized carbons (Fsp3) is 0.409. The molecule has 1 N–H and O–H groups in total. The van der Waals surface area contributed by atoms with Gasteiger partial charge in [-0.05, 0) is 60.8 Å². The molecule has 0 atom stereocenters. The van der Waals surface area contributed by atoms with Crippen LogP contribution in [0.2, 0.25) is 0 Å². The molecule has 0 spiro atoms. The minimum atomic E-state index is 0. The molecule has 3 aromatic heterocycles. The van der Waals surface area contributed by atoms with E-state index >= 15 is 0 Å². The van der Waals surface area contributed by atoms with Crippen molar-refractivity contribution in [1.82, 2.24) is 4.98 Å². The number of furan rings is 1. The number of pyridine rings is 2. The molecule has 50 heavy (non-hydrogen) atoms. The maximum atomic E-state index is 11.7. The van der Waals surface area contributed by atoms with Gasteiger partial charge in [0.25, 0.3) is 0 Å². The summed E-state index contributed by atoms with van der Waals surface area (Å²) in [6.45, 7) is 19.2. The largest absolute Gasteiger partial charge is 0.512 e. The Morgan fingerprint density at radius 1 is 0.980 bits per heavy atom. The smallest absolute Gasteiger partial charge is 0.162 e. The number of fused-ring (bicyclic) bond motifs is 2. The molecule has 0 saturated heterocycles. The summed E-state index contributed by atoms with van der Waals surface area (Å²) in [6, 6.07) is 22.8. The third-order valence-electron chi connectivity index (χ3n) is 9.36. The minimum absolute atomic E-state index is 0. The quantitative estimate of drug-likeness (QED) is 0.0622. The topological polar surface area (TPSA) is 67.2 Å². The molecule has 0 aliphatic carbocycles. The van der Waals surface area contributed by atoms with E-state index in [1.165, 1.54) is 17.0 Å². The fourth-order valence-corrected chi connectivity index (χ4v) is 6.41. The summed E-state index contributed by atoms with van der Waals surface area (Å²) < 4.78 is 8.19. The number of carbonyl (C=O) groups is 1. The van der Waals surface area contributed by atoms with Crippen LogP contribution in [0.5, 0.6) is 0 Å². The van der Waals surface area contributed by atoms with Crippen LogP contribution in [0.15, 0.2) is 83.2 Å². The summed E-state index contributed by atoms with van der Waals surface area (Å²) in [5.41, 5.74) is 7.20. The summed E-state index contributed by atoms with van der Waals surface area (Å²) >= 11 is 0. The Bertz CT molecular complexity index is 1910. The number of benzene rings is 2. The molecular formula is C44H55IrN2O3-. The van der Waals surface area contributed by atoms with Crippen LogP contribution in [0.4, 0.5) is 0 Å². The van der Waals surface area contributed by atoms with Gasteiger partial charge in [-0.25, -0.2) is 0 Å². The van der Waals surface area contributed by atoms with Crippen LogP contribution >= 0.6 is 0 Å². The van der Waals surface area contributed by atoms with Crippen molar-refractivity contribution in [3.8, 4) is 22.4 Å². The second-order valence-corrected chi connectivity index (χ2v) is 14.5. The van der Waals surface area contributed by atoms with Gasteiger partial charge >= 0.3 is 0 Å². The van der Waals surface area contributed by atoms with Gasteiger partial charge in [0.15, 0.2) is 11.4 Å². The van der Waals surface area contributed by atoms with Crippen molar-refractivity contribution in [2.24, 2.45) is 17.8 Å². The van der Waals surface area contributed by atoms with Gasteiger partial charge in [-0.3, -0.25) is 9.78 Å². The van der Waals surface area contributed by atoms with E-state index in [0.29, 0.717) is 5.92 Å². The van der Waals surface area contributed by atoms with E-state index in [0.717, 1.165) is 76.7 Å². The number of nitrogens with zero attached hydrogens (tertiary/aromatic N) is 2. The van der Waals surface area contributed by atoms with E-state index in [1.54, 1.807) is 0 Å². The van der Waals surface area contributed by atoms with Crippen molar-refractivity contribution >= 4 is 27.7 Å². The van der Waals surface area contributed by atoms with Crippen molar-refractivity contribution in [3.63, 3.8) is 0 Å². The Labute approximate surface area is 313 Å². The molecule has 0 fully saturated rings. The maximum Gasteiger partial charge on any atom is 0.162 e. The summed E-state index contributed by atoms with van der Waals surface area (Å²) in [7, 11) is 4.26. The summed E-state index contributed by atoms with van der Waals surface area (Å²) in [6.07, 6.45) is 9.67. The van der Waals surface area contributed by atoms with E-state index < -0.39 is 0 Å². The number of hydrogen-bond acceptors (Lipinski definition) is 4. The van der Waals surface area contributed by atoms with Crippen molar-refractivity contribution in [2.45, 2.75) is 99.8 Å². The van der Waals surface area contributed by atoms with Crippen LogP contribution in [-0.4, -0.2) is 15.9 Å². The van der Waals surface area contributed by atoms with Crippen molar-refractivity contribution in [3.05, 3.63) is 103 Å². The number of carbonyl (C=O) groups excluding carboxylic acids is 1. The molecule has 1 radical (unpaired) electrons. The predicted molar refractivity (Wildman–Crippen MR) is 203 cm³/mol.